The first-order valence-corrected chi connectivity index (χ1v) is 11.4. The monoisotopic (exact) mass is 491 g/mol. The summed E-state index contributed by atoms with van der Waals surface area (Å²) in [6.07, 6.45) is 1.67. The number of likely N-dealkylation sites (N-methyl/N-ethyl adjacent to an activating group) is 1. The molecule has 2 amide bonds. The van der Waals surface area contributed by atoms with E-state index in [1.807, 2.05) is 24.3 Å². The Balaban J connectivity index is 1.84. The molecular formula is C27H29N3O6. The van der Waals surface area contributed by atoms with Crippen molar-refractivity contribution in [1.82, 2.24) is 15.2 Å². The molecule has 0 unspecified atom stereocenters. The zero-order valence-corrected chi connectivity index (χ0v) is 20.9. The van der Waals surface area contributed by atoms with Gasteiger partial charge in [-0.15, -0.1) is 0 Å². The molecule has 0 saturated carbocycles. The molecule has 2 aromatic carbocycles. The van der Waals surface area contributed by atoms with E-state index < -0.39 is 12.0 Å². The quantitative estimate of drug-likeness (QED) is 0.516. The fourth-order valence-corrected chi connectivity index (χ4v) is 4.58. The molecule has 9 nitrogen and oxygen atoms in total. The number of hydrogen-bond acceptors (Lipinski definition) is 7. The van der Waals surface area contributed by atoms with E-state index in [1.165, 1.54) is 14.2 Å². The average Bonchev–Trinajstić information content (AvgIpc) is 2.92. The van der Waals surface area contributed by atoms with Gasteiger partial charge in [0.2, 0.25) is 5.91 Å². The van der Waals surface area contributed by atoms with Crippen molar-refractivity contribution in [2.45, 2.75) is 18.5 Å². The van der Waals surface area contributed by atoms with Gasteiger partial charge >= 0.3 is 0 Å². The second-order valence-electron chi connectivity index (χ2n) is 8.29. The van der Waals surface area contributed by atoms with E-state index in [9.17, 15) is 9.59 Å². The summed E-state index contributed by atoms with van der Waals surface area (Å²) >= 11 is 0. The van der Waals surface area contributed by atoms with Crippen LogP contribution in [0.25, 0.3) is 0 Å². The van der Waals surface area contributed by atoms with Crippen LogP contribution in [0.3, 0.4) is 0 Å². The average molecular weight is 492 g/mol. The Bertz CT molecular complexity index is 1260. The number of benzene rings is 2. The fraction of sp³-hybridized carbons (Fsp3) is 0.296. The normalized spacial score (nSPS) is 16.7. The van der Waals surface area contributed by atoms with Crippen molar-refractivity contribution in [2.24, 2.45) is 0 Å². The van der Waals surface area contributed by atoms with E-state index in [1.54, 1.807) is 56.6 Å². The predicted octanol–water partition coefficient (Wildman–Crippen LogP) is 3.34. The number of amides is 2. The van der Waals surface area contributed by atoms with Crippen molar-refractivity contribution in [2.75, 3.05) is 35.5 Å². The molecule has 4 rings (SSSR count). The van der Waals surface area contributed by atoms with Gasteiger partial charge in [0.05, 0.1) is 52.6 Å². The Labute approximate surface area is 209 Å². The number of rotatable bonds is 8. The minimum Gasteiger partial charge on any atom is -0.493 e. The molecule has 2 heterocycles. The van der Waals surface area contributed by atoms with Crippen LogP contribution in [0, 0.1) is 0 Å². The van der Waals surface area contributed by atoms with Gasteiger partial charge in [-0.1, -0.05) is 12.1 Å². The molecule has 1 N–H and O–H groups in total. The zero-order chi connectivity index (χ0) is 25.8. The second kappa shape index (κ2) is 10.6. The third-order valence-electron chi connectivity index (χ3n) is 6.38. The number of nitrogens with zero attached hydrogens (tertiary/aromatic N) is 2. The Hall–Kier alpha value is -4.27. The molecule has 1 aromatic heterocycles. The molecule has 36 heavy (non-hydrogen) atoms. The number of pyridine rings is 1. The molecule has 1 aliphatic heterocycles. The number of methoxy groups -OCH3 is 4. The number of nitrogens with one attached hydrogen (secondary N) is 1. The SMILES string of the molecule is COc1ccc([C@H]2[C@@H](C(=O)NCc3ccccn3)c3cc(OC)c(OC)cc3C(=O)N2C)cc1OC. The molecule has 9 heteroatoms. The molecule has 188 valence electrons. The first-order chi connectivity index (χ1) is 17.4. The van der Waals surface area contributed by atoms with E-state index in [4.69, 9.17) is 18.9 Å². The van der Waals surface area contributed by atoms with Gasteiger partial charge in [-0.25, -0.2) is 0 Å². The summed E-state index contributed by atoms with van der Waals surface area (Å²) in [5, 5.41) is 2.99. The molecule has 1 aliphatic rings. The van der Waals surface area contributed by atoms with Crippen molar-refractivity contribution in [3.05, 3.63) is 77.1 Å². The van der Waals surface area contributed by atoms with Crippen molar-refractivity contribution in [1.29, 1.82) is 0 Å². The molecule has 0 fully saturated rings. The molecule has 2 atom stereocenters. The number of ether oxygens (including phenoxy) is 4. The number of carbonyl (C=O) groups is 2. The highest BCUT2D eigenvalue weighted by Gasteiger charge is 2.43. The van der Waals surface area contributed by atoms with Crippen LogP contribution in [0.4, 0.5) is 0 Å². The number of hydrogen-bond donors (Lipinski definition) is 1. The van der Waals surface area contributed by atoms with Crippen LogP contribution in [-0.2, 0) is 11.3 Å². The summed E-state index contributed by atoms with van der Waals surface area (Å²) < 4.78 is 21.8. The van der Waals surface area contributed by atoms with Crippen LogP contribution in [0.1, 0.15) is 39.1 Å². The molecule has 0 radical (unpaired) electrons. The van der Waals surface area contributed by atoms with E-state index in [0.29, 0.717) is 34.1 Å². The first kappa shape index (κ1) is 24.8. The van der Waals surface area contributed by atoms with Gasteiger partial charge in [0.1, 0.15) is 0 Å². The minimum atomic E-state index is -0.746. The summed E-state index contributed by atoms with van der Waals surface area (Å²) in [6, 6.07) is 13.6. The lowest BCUT2D eigenvalue weighted by atomic mass is 9.79. The standard InChI is InChI=1S/C27H29N3O6/c1-30-25(16-9-10-20(33-2)21(12-16)34-3)24(26(31)29-15-17-8-6-7-11-28-17)18-13-22(35-4)23(36-5)14-19(18)27(30)32/h6-14,24-25H,15H2,1-5H3,(H,29,31)/t24-,25-/m0/s1. The third kappa shape index (κ3) is 4.51. The van der Waals surface area contributed by atoms with E-state index in [2.05, 4.69) is 10.3 Å². The molecule has 0 spiro atoms. The van der Waals surface area contributed by atoms with Crippen LogP contribution < -0.4 is 24.3 Å². The van der Waals surface area contributed by atoms with E-state index in [-0.39, 0.29) is 18.4 Å². The summed E-state index contributed by atoms with van der Waals surface area (Å²) in [7, 11) is 7.80. The largest absolute Gasteiger partial charge is 0.493 e. The summed E-state index contributed by atoms with van der Waals surface area (Å²) in [5.41, 5.74) is 2.38. The molecule has 3 aromatic rings. The van der Waals surface area contributed by atoms with Gasteiger partial charge in [0, 0.05) is 18.8 Å². The number of aromatic nitrogens is 1. The van der Waals surface area contributed by atoms with Crippen LogP contribution in [0.15, 0.2) is 54.7 Å². The van der Waals surface area contributed by atoms with Crippen molar-refractivity contribution >= 4 is 11.8 Å². The molecular weight excluding hydrogens is 462 g/mol. The van der Waals surface area contributed by atoms with Gasteiger partial charge in [-0.2, -0.15) is 0 Å². The Morgan fingerprint density at radius 1 is 0.917 bits per heavy atom. The first-order valence-electron chi connectivity index (χ1n) is 11.4. The smallest absolute Gasteiger partial charge is 0.254 e. The highest BCUT2D eigenvalue weighted by atomic mass is 16.5. The second-order valence-corrected chi connectivity index (χ2v) is 8.29. The Kier molecular flexibility index (Phi) is 7.28. The van der Waals surface area contributed by atoms with Gasteiger partial charge in [0.25, 0.3) is 5.91 Å². The third-order valence-corrected chi connectivity index (χ3v) is 6.38. The van der Waals surface area contributed by atoms with Crippen LogP contribution in [0.5, 0.6) is 23.0 Å². The maximum Gasteiger partial charge on any atom is 0.254 e. The zero-order valence-electron chi connectivity index (χ0n) is 20.9. The number of carbonyl (C=O) groups excluding carboxylic acids is 2. The van der Waals surface area contributed by atoms with Gasteiger partial charge < -0.3 is 29.2 Å². The summed E-state index contributed by atoms with van der Waals surface area (Å²) in [6.45, 7) is 0.245. The van der Waals surface area contributed by atoms with Gasteiger partial charge in [-0.3, -0.25) is 14.6 Å². The maximum atomic E-state index is 13.8. The topological polar surface area (TPSA) is 99.2 Å². The Morgan fingerprint density at radius 2 is 1.58 bits per heavy atom. The highest BCUT2D eigenvalue weighted by molar-refractivity contribution is 6.02. The van der Waals surface area contributed by atoms with Crippen LogP contribution in [-0.4, -0.2) is 57.2 Å². The fourth-order valence-electron chi connectivity index (χ4n) is 4.58. The Morgan fingerprint density at radius 3 is 2.22 bits per heavy atom. The lowest BCUT2D eigenvalue weighted by molar-refractivity contribution is -0.124. The summed E-state index contributed by atoms with van der Waals surface area (Å²) in [4.78, 5) is 33.2. The lowest BCUT2D eigenvalue weighted by Gasteiger charge is -2.40. The van der Waals surface area contributed by atoms with Crippen molar-refractivity contribution in [3.63, 3.8) is 0 Å². The maximum absolute atomic E-state index is 13.8. The van der Waals surface area contributed by atoms with Gasteiger partial charge in [0.15, 0.2) is 23.0 Å². The van der Waals surface area contributed by atoms with Gasteiger partial charge in [-0.05, 0) is 47.5 Å². The van der Waals surface area contributed by atoms with Crippen molar-refractivity contribution in [3.8, 4) is 23.0 Å². The molecule has 0 bridgehead atoms. The molecule has 0 saturated heterocycles. The number of fused-ring (bicyclic) bond motifs is 1. The minimum absolute atomic E-state index is 0.237. The summed E-state index contributed by atoms with van der Waals surface area (Å²) in [5.74, 6) is 0.657. The highest BCUT2D eigenvalue weighted by Crippen LogP contribution is 2.46. The van der Waals surface area contributed by atoms with Crippen molar-refractivity contribution < 1.29 is 28.5 Å². The van der Waals surface area contributed by atoms with Crippen LogP contribution in [0.2, 0.25) is 0 Å². The van der Waals surface area contributed by atoms with E-state index >= 15 is 0 Å². The van der Waals surface area contributed by atoms with E-state index in [0.717, 1.165) is 11.3 Å². The lowest BCUT2D eigenvalue weighted by Crippen LogP contribution is -2.45. The van der Waals surface area contributed by atoms with Crippen LogP contribution >= 0.6 is 0 Å². The molecule has 0 aliphatic carbocycles. The predicted molar refractivity (Wildman–Crippen MR) is 133 cm³/mol.